The molecule has 232 valence electrons. The van der Waals surface area contributed by atoms with Gasteiger partial charge in [-0.1, -0.05) is 114 Å². The maximum atomic E-state index is 6.78. The van der Waals surface area contributed by atoms with Gasteiger partial charge in [-0.15, -0.1) is 0 Å². The number of benzene rings is 6. The van der Waals surface area contributed by atoms with Crippen LogP contribution in [0.2, 0.25) is 0 Å². The number of hydrogen-bond donors (Lipinski definition) is 0. The van der Waals surface area contributed by atoms with Gasteiger partial charge in [-0.25, -0.2) is 0 Å². The smallest absolute Gasteiger partial charge is 0.180 e. The second kappa shape index (κ2) is 10.6. The topological polar surface area (TPSA) is 29.5 Å². The summed E-state index contributed by atoms with van der Waals surface area (Å²) in [6.45, 7) is 13.5. The summed E-state index contributed by atoms with van der Waals surface area (Å²) < 4.78 is 13.4. The summed E-state index contributed by atoms with van der Waals surface area (Å²) in [5.74, 6) is 0. The summed E-state index contributed by atoms with van der Waals surface area (Å²) in [7, 11) is 0. The Bertz CT molecular complexity index is 2400. The van der Waals surface area contributed by atoms with E-state index >= 15 is 0 Å². The van der Waals surface area contributed by atoms with Gasteiger partial charge < -0.3 is 13.7 Å². The lowest BCUT2D eigenvalue weighted by molar-refractivity contribution is 0.589. The van der Waals surface area contributed by atoms with Crippen LogP contribution in [0.4, 0.5) is 17.1 Å². The van der Waals surface area contributed by atoms with E-state index in [2.05, 4.69) is 174 Å². The van der Waals surface area contributed by atoms with Crippen LogP contribution >= 0.6 is 0 Å². The fourth-order valence-electron chi connectivity index (χ4n) is 6.70. The summed E-state index contributed by atoms with van der Waals surface area (Å²) in [4.78, 5) is 2.36. The summed E-state index contributed by atoms with van der Waals surface area (Å²) in [6.07, 6.45) is 0. The standard InChI is InChI=1S/C44H39NO2/c1-43(2,3)30-19-23-38-34(25-30)35-27-37(40-36-26-31(44(4,5)6)20-24-39(36)47-42(40)41(35)46-38)45(32-15-11-8-12-16-32)33-21-17-29(18-22-33)28-13-9-7-10-14-28/h7-27H,1-6H3. The third-order valence-corrected chi connectivity index (χ3v) is 9.38. The summed E-state index contributed by atoms with van der Waals surface area (Å²) in [5, 5.41) is 4.27. The Kier molecular flexibility index (Phi) is 6.59. The van der Waals surface area contributed by atoms with Crippen LogP contribution in [0.15, 0.2) is 136 Å². The van der Waals surface area contributed by atoms with E-state index in [9.17, 15) is 0 Å². The highest BCUT2D eigenvalue weighted by Crippen LogP contribution is 2.49. The molecular formula is C44H39NO2. The Morgan fingerprint density at radius 1 is 0.447 bits per heavy atom. The molecule has 0 spiro atoms. The van der Waals surface area contributed by atoms with Crippen LogP contribution in [0, 0.1) is 0 Å². The van der Waals surface area contributed by atoms with E-state index in [1.54, 1.807) is 0 Å². The summed E-state index contributed by atoms with van der Waals surface area (Å²) >= 11 is 0. The van der Waals surface area contributed by atoms with Crippen molar-refractivity contribution in [2.24, 2.45) is 0 Å². The van der Waals surface area contributed by atoms with Crippen molar-refractivity contribution in [3.8, 4) is 11.1 Å². The van der Waals surface area contributed by atoms with Crippen molar-refractivity contribution in [2.45, 2.75) is 52.4 Å². The third kappa shape index (κ3) is 4.98. The number of furan rings is 2. The van der Waals surface area contributed by atoms with Gasteiger partial charge in [-0.05, 0) is 87.7 Å². The van der Waals surface area contributed by atoms with Gasteiger partial charge >= 0.3 is 0 Å². The van der Waals surface area contributed by atoms with Crippen molar-refractivity contribution in [1.29, 1.82) is 0 Å². The molecule has 2 heterocycles. The molecule has 0 saturated carbocycles. The maximum absolute atomic E-state index is 6.78. The van der Waals surface area contributed by atoms with E-state index in [4.69, 9.17) is 8.83 Å². The van der Waals surface area contributed by atoms with E-state index in [1.807, 2.05) is 0 Å². The van der Waals surface area contributed by atoms with Crippen molar-refractivity contribution in [1.82, 2.24) is 0 Å². The quantitative estimate of drug-likeness (QED) is 0.198. The first-order chi connectivity index (χ1) is 22.6. The zero-order valence-corrected chi connectivity index (χ0v) is 27.9. The Morgan fingerprint density at radius 2 is 0.957 bits per heavy atom. The van der Waals surface area contributed by atoms with Gasteiger partial charge in [0.05, 0.1) is 11.1 Å². The third-order valence-electron chi connectivity index (χ3n) is 9.38. The van der Waals surface area contributed by atoms with Gasteiger partial charge in [0.2, 0.25) is 0 Å². The number of hydrogen-bond acceptors (Lipinski definition) is 3. The fourth-order valence-corrected chi connectivity index (χ4v) is 6.70. The van der Waals surface area contributed by atoms with Gasteiger partial charge in [-0.3, -0.25) is 0 Å². The van der Waals surface area contributed by atoms with Gasteiger partial charge in [-0.2, -0.15) is 0 Å². The van der Waals surface area contributed by atoms with Crippen molar-refractivity contribution in [3.05, 3.63) is 139 Å². The van der Waals surface area contributed by atoms with Gasteiger partial charge in [0.25, 0.3) is 0 Å². The highest BCUT2D eigenvalue weighted by atomic mass is 16.4. The molecule has 0 bridgehead atoms. The van der Waals surface area contributed by atoms with Crippen LogP contribution in [-0.2, 0) is 10.8 Å². The largest absolute Gasteiger partial charge is 0.452 e. The van der Waals surface area contributed by atoms with Crippen LogP contribution in [0.5, 0.6) is 0 Å². The average Bonchev–Trinajstić information content (AvgIpc) is 3.63. The minimum absolute atomic E-state index is 0.00398. The molecular weight excluding hydrogens is 574 g/mol. The van der Waals surface area contributed by atoms with E-state index in [0.717, 1.165) is 60.9 Å². The van der Waals surface area contributed by atoms with Crippen molar-refractivity contribution >= 4 is 60.9 Å². The van der Waals surface area contributed by atoms with Crippen molar-refractivity contribution in [3.63, 3.8) is 0 Å². The highest BCUT2D eigenvalue weighted by molar-refractivity contribution is 6.24. The second-order valence-electron chi connectivity index (χ2n) is 14.7. The Balaban J connectivity index is 1.47. The van der Waals surface area contributed by atoms with Crippen molar-refractivity contribution in [2.75, 3.05) is 4.90 Å². The van der Waals surface area contributed by atoms with Crippen LogP contribution in [0.1, 0.15) is 52.7 Å². The summed E-state index contributed by atoms with van der Waals surface area (Å²) in [5.41, 5.74) is 11.4. The molecule has 0 unspecified atom stereocenters. The first-order valence-corrected chi connectivity index (χ1v) is 16.4. The number of anilines is 3. The lowest BCUT2D eigenvalue weighted by Crippen LogP contribution is -2.11. The monoisotopic (exact) mass is 613 g/mol. The molecule has 0 aliphatic heterocycles. The molecule has 0 fully saturated rings. The van der Waals surface area contributed by atoms with Crippen LogP contribution in [-0.4, -0.2) is 0 Å². The number of rotatable bonds is 4. The zero-order valence-electron chi connectivity index (χ0n) is 27.9. The molecule has 0 atom stereocenters. The minimum Gasteiger partial charge on any atom is -0.452 e. The molecule has 0 N–H and O–H groups in total. The lowest BCUT2D eigenvalue weighted by Gasteiger charge is -2.27. The SMILES string of the molecule is CC(C)(C)c1ccc2oc3c(cc(N(c4ccccc4)c4ccc(-c5ccccc5)cc4)c4c5cc(C(C)(C)C)ccc5oc34)c2c1. The van der Waals surface area contributed by atoms with E-state index in [-0.39, 0.29) is 10.8 Å². The van der Waals surface area contributed by atoms with Gasteiger partial charge in [0, 0.05) is 27.5 Å². The predicted octanol–water partition coefficient (Wildman–Crippen LogP) is 13.2. The van der Waals surface area contributed by atoms with Crippen LogP contribution in [0.25, 0.3) is 55.0 Å². The van der Waals surface area contributed by atoms with Crippen LogP contribution in [0.3, 0.4) is 0 Å². The minimum atomic E-state index is -0.0167. The molecule has 0 amide bonds. The molecule has 3 heteroatoms. The number of fused-ring (bicyclic) bond motifs is 7. The predicted molar refractivity (Wildman–Crippen MR) is 199 cm³/mol. The molecule has 2 aromatic heterocycles. The Morgan fingerprint density at radius 3 is 1.57 bits per heavy atom. The Hall–Kier alpha value is -5.28. The van der Waals surface area contributed by atoms with E-state index < -0.39 is 0 Å². The Labute approximate surface area is 276 Å². The normalized spacial score (nSPS) is 12.5. The molecule has 3 nitrogen and oxygen atoms in total. The maximum Gasteiger partial charge on any atom is 0.180 e. The van der Waals surface area contributed by atoms with E-state index in [1.165, 1.54) is 22.3 Å². The van der Waals surface area contributed by atoms with Gasteiger partial charge in [0.1, 0.15) is 11.2 Å². The molecule has 8 aromatic rings. The van der Waals surface area contributed by atoms with E-state index in [0.29, 0.717) is 0 Å². The number of nitrogens with zero attached hydrogens (tertiary/aromatic N) is 1. The number of para-hydroxylation sites is 1. The first-order valence-electron chi connectivity index (χ1n) is 16.4. The molecule has 0 radical (unpaired) electrons. The molecule has 0 saturated heterocycles. The molecule has 6 aromatic carbocycles. The zero-order chi connectivity index (χ0) is 32.5. The molecule has 0 aliphatic carbocycles. The highest BCUT2D eigenvalue weighted by Gasteiger charge is 2.26. The molecule has 47 heavy (non-hydrogen) atoms. The summed E-state index contributed by atoms with van der Waals surface area (Å²) in [6, 6.07) is 45.5. The van der Waals surface area contributed by atoms with Crippen LogP contribution < -0.4 is 4.90 Å². The fraction of sp³-hybridized carbons (Fsp3) is 0.182. The van der Waals surface area contributed by atoms with Crippen molar-refractivity contribution < 1.29 is 8.83 Å². The van der Waals surface area contributed by atoms with Gasteiger partial charge in [0.15, 0.2) is 11.2 Å². The first kappa shape index (κ1) is 29.1. The lowest BCUT2D eigenvalue weighted by atomic mass is 9.86. The average molecular weight is 614 g/mol. The second-order valence-corrected chi connectivity index (χ2v) is 14.7. The molecule has 0 aliphatic rings. The molecule has 8 rings (SSSR count).